The molecule has 5 atom stereocenters. The fraction of sp³-hybridized carbons (Fsp3) is 0.812. The third kappa shape index (κ3) is 4.53. The first-order valence-electron chi connectivity index (χ1n) is 10.7. The van der Waals surface area contributed by atoms with Crippen LogP contribution >= 0.6 is 0 Å². The molecule has 1 aliphatic carbocycles. The number of carbonyl (C=O) groups is 3. The minimum atomic E-state index is -3.57. The molecule has 1 unspecified atom stereocenters. The van der Waals surface area contributed by atoms with Gasteiger partial charge in [0.05, 0.1) is 6.10 Å². The number of aliphatic hydroxyl groups is 1. The quantitative estimate of drug-likeness (QED) is 0.660. The SMILES string of the molecule is [2H]C(CC(=O)CC([2H])([2H])C([2H])([2H])C([2H])([2H])C(=O)O)[C@@H]1[C@H]2CCC(=O)O[C@H]2C[C@H]1O. The Balaban J connectivity index is 2.06. The van der Waals surface area contributed by atoms with Gasteiger partial charge in [0.15, 0.2) is 0 Å². The largest absolute Gasteiger partial charge is 0.481 e. The van der Waals surface area contributed by atoms with Crippen LogP contribution in [-0.2, 0) is 19.1 Å². The molecule has 2 rings (SSSR count). The van der Waals surface area contributed by atoms with E-state index in [1.54, 1.807) is 0 Å². The van der Waals surface area contributed by atoms with Gasteiger partial charge in [-0.3, -0.25) is 14.4 Å². The third-order valence-electron chi connectivity index (χ3n) is 4.02. The van der Waals surface area contributed by atoms with Crippen LogP contribution in [0.4, 0.5) is 0 Å². The molecule has 0 aromatic rings. The van der Waals surface area contributed by atoms with E-state index >= 15 is 0 Å². The van der Waals surface area contributed by atoms with Crippen molar-refractivity contribution in [3.8, 4) is 0 Å². The summed E-state index contributed by atoms with van der Waals surface area (Å²) in [5, 5.41) is 19.1. The molecule has 0 amide bonds. The summed E-state index contributed by atoms with van der Waals surface area (Å²) < 4.78 is 58.9. The van der Waals surface area contributed by atoms with Crippen LogP contribution in [0.25, 0.3) is 0 Å². The van der Waals surface area contributed by atoms with Crippen LogP contribution < -0.4 is 0 Å². The lowest BCUT2D eigenvalue weighted by Crippen LogP contribution is -2.31. The predicted octanol–water partition coefficient (Wildman–Crippen LogP) is 1.68. The second kappa shape index (κ2) is 7.72. The van der Waals surface area contributed by atoms with Crippen molar-refractivity contribution in [2.45, 2.75) is 69.8 Å². The number of ether oxygens (including phenoxy) is 1. The molecule has 6 heteroatoms. The molecular formula is C16H24O6. The van der Waals surface area contributed by atoms with Crippen LogP contribution in [0.2, 0.25) is 0 Å². The Morgan fingerprint density at radius 3 is 2.82 bits per heavy atom. The van der Waals surface area contributed by atoms with Gasteiger partial charge in [0.25, 0.3) is 0 Å². The van der Waals surface area contributed by atoms with Crippen molar-refractivity contribution in [3.63, 3.8) is 0 Å². The zero-order chi connectivity index (χ0) is 22.4. The van der Waals surface area contributed by atoms with Crippen LogP contribution in [0.3, 0.4) is 0 Å². The van der Waals surface area contributed by atoms with Crippen LogP contribution in [-0.4, -0.2) is 40.1 Å². The average molecular weight is 319 g/mol. The van der Waals surface area contributed by atoms with E-state index in [4.69, 9.17) is 19.4 Å². The minimum Gasteiger partial charge on any atom is -0.481 e. The molecule has 2 aliphatic rings. The number of carboxylic acids is 1. The number of carboxylic acid groups (broad SMARTS) is 1. The second-order valence-electron chi connectivity index (χ2n) is 5.50. The van der Waals surface area contributed by atoms with Gasteiger partial charge in [-0.1, -0.05) is 0 Å². The number of aliphatic hydroxyl groups excluding tert-OH is 1. The van der Waals surface area contributed by atoms with Crippen molar-refractivity contribution >= 4 is 17.7 Å². The van der Waals surface area contributed by atoms with Crippen LogP contribution in [0.5, 0.6) is 0 Å². The average Bonchev–Trinajstić information content (AvgIpc) is 2.88. The first kappa shape index (κ1) is 9.65. The van der Waals surface area contributed by atoms with Crippen LogP contribution in [0.1, 0.15) is 67.2 Å². The lowest BCUT2D eigenvalue weighted by atomic mass is 9.84. The number of ketones is 1. The van der Waals surface area contributed by atoms with Crippen molar-refractivity contribution in [3.05, 3.63) is 0 Å². The molecular weight excluding hydrogens is 288 g/mol. The molecule has 124 valence electrons. The Morgan fingerprint density at radius 1 is 1.32 bits per heavy atom. The lowest BCUT2D eigenvalue weighted by Gasteiger charge is -2.28. The molecule has 0 radical (unpaired) electrons. The zero-order valence-corrected chi connectivity index (χ0v) is 11.9. The topological polar surface area (TPSA) is 101 Å². The molecule has 2 N–H and O–H groups in total. The Bertz CT molecular complexity index is 683. The van der Waals surface area contributed by atoms with Crippen molar-refractivity contribution in [2.24, 2.45) is 11.8 Å². The molecule has 0 bridgehead atoms. The number of hydrogen-bond acceptors (Lipinski definition) is 5. The van der Waals surface area contributed by atoms with E-state index in [0.29, 0.717) is 6.42 Å². The number of rotatable bonds is 8. The molecule has 2 fully saturated rings. The van der Waals surface area contributed by atoms with Crippen molar-refractivity contribution < 1.29 is 38.9 Å². The van der Waals surface area contributed by atoms with Gasteiger partial charge in [-0.2, -0.15) is 0 Å². The van der Waals surface area contributed by atoms with E-state index in [2.05, 4.69) is 0 Å². The highest BCUT2D eigenvalue weighted by molar-refractivity contribution is 5.78. The molecule has 0 aromatic carbocycles. The van der Waals surface area contributed by atoms with Gasteiger partial charge in [0, 0.05) is 47.6 Å². The summed E-state index contributed by atoms with van der Waals surface area (Å²) in [5.41, 5.74) is 0. The Morgan fingerprint density at radius 2 is 2.09 bits per heavy atom. The predicted molar refractivity (Wildman–Crippen MR) is 77.1 cm³/mol. The maximum atomic E-state index is 12.3. The maximum Gasteiger partial charge on any atom is 0.306 e. The maximum absolute atomic E-state index is 12.3. The van der Waals surface area contributed by atoms with Crippen molar-refractivity contribution in [1.82, 2.24) is 0 Å². The summed E-state index contributed by atoms with van der Waals surface area (Å²) in [6.07, 6.45) is -13.8. The Kier molecular flexibility index (Phi) is 3.39. The smallest absolute Gasteiger partial charge is 0.306 e. The summed E-state index contributed by atoms with van der Waals surface area (Å²) in [7, 11) is 0. The molecule has 6 nitrogen and oxygen atoms in total. The molecule has 1 saturated carbocycles. The number of hydrogen-bond donors (Lipinski definition) is 2. The van der Waals surface area contributed by atoms with E-state index in [1.165, 1.54) is 0 Å². The van der Waals surface area contributed by atoms with Gasteiger partial charge in [0.2, 0.25) is 0 Å². The summed E-state index contributed by atoms with van der Waals surface area (Å²) in [5.74, 6) is -4.44. The van der Waals surface area contributed by atoms with E-state index in [0.717, 1.165) is 0 Å². The van der Waals surface area contributed by atoms with Gasteiger partial charge >= 0.3 is 11.9 Å². The number of carbonyl (C=O) groups excluding carboxylic acids is 2. The summed E-state index contributed by atoms with van der Waals surface area (Å²) >= 11 is 0. The highest BCUT2D eigenvalue weighted by Gasteiger charge is 2.46. The van der Waals surface area contributed by atoms with E-state index in [1.807, 2.05) is 0 Å². The van der Waals surface area contributed by atoms with Gasteiger partial charge in [-0.15, -0.1) is 0 Å². The molecule has 1 saturated heterocycles. The Labute approximate surface area is 139 Å². The third-order valence-corrected chi connectivity index (χ3v) is 4.02. The fourth-order valence-electron chi connectivity index (χ4n) is 3.04. The van der Waals surface area contributed by atoms with Crippen LogP contribution in [0, 0.1) is 11.8 Å². The van der Waals surface area contributed by atoms with Crippen molar-refractivity contribution in [1.29, 1.82) is 0 Å². The highest BCUT2D eigenvalue weighted by atomic mass is 16.5. The van der Waals surface area contributed by atoms with Gasteiger partial charge in [0.1, 0.15) is 11.9 Å². The zero-order valence-electron chi connectivity index (χ0n) is 18.9. The van der Waals surface area contributed by atoms with Crippen LogP contribution in [0.15, 0.2) is 0 Å². The monoisotopic (exact) mass is 319 g/mol. The number of Topliss-reactive ketones (excluding diaryl/α,β-unsaturated/α-hetero) is 1. The first-order valence-corrected chi connectivity index (χ1v) is 7.16. The Hall–Kier alpha value is -1.43. The first-order chi connectivity index (χ1) is 13.1. The normalized spacial score (nSPS) is 38.8. The summed E-state index contributed by atoms with van der Waals surface area (Å²) in [6, 6.07) is 0. The standard InChI is InChI=1S/C16H24O6/c17-10(3-1-2-4-15(19)20)5-6-11-12-7-8-16(21)22-14(12)9-13(11)18/h11-14,18H,1-9H2,(H,19,20)/t11-,12-,13-,14+/m1/s1/i1D2,2D2,4D2,6D/t6?,11-,12-,13-,14+. The number of esters is 1. The van der Waals surface area contributed by atoms with Gasteiger partial charge < -0.3 is 14.9 Å². The van der Waals surface area contributed by atoms with E-state index in [-0.39, 0.29) is 24.7 Å². The second-order valence-corrected chi connectivity index (χ2v) is 5.50. The van der Waals surface area contributed by atoms with E-state index in [9.17, 15) is 19.5 Å². The van der Waals surface area contributed by atoms with E-state index < -0.39 is 68.2 Å². The fourth-order valence-corrected chi connectivity index (χ4v) is 3.04. The number of aliphatic carboxylic acids is 1. The minimum absolute atomic E-state index is 0.137. The summed E-state index contributed by atoms with van der Waals surface area (Å²) in [6.45, 7) is 0. The van der Waals surface area contributed by atoms with Crippen molar-refractivity contribution in [2.75, 3.05) is 0 Å². The van der Waals surface area contributed by atoms with Gasteiger partial charge in [-0.05, 0) is 31.5 Å². The molecule has 1 aliphatic heterocycles. The van der Waals surface area contributed by atoms with Gasteiger partial charge in [-0.25, -0.2) is 0 Å². The lowest BCUT2D eigenvalue weighted by molar-refractivity contribution is -0.157. The summed E-state index contributed by atoms with van der Waals surface area (Å²) in [4.78, 5) is 34.7. The molecule has 22 heavy (non-hydrogen) atoms. The molecule has 0 spiro atoms. The number of fused-ring (bicyclic) bond motifs is 1. The highest BCUT2D eigenvalue weighted by Crippen LogP contribution is 2.42. The molecule has 1 heterocycles. The molecule has 0 aromatic heterocycles.